The predicted molar refractivity (Wildman–Crippen MR) is 60.4 cm³/mol. The topological polar surface area (TPSA) is 38.8 Å². The fourth-order valence-electron chi connectivity index (χ4n) is 1.78. The van der Waals surface area contributed by atoms with Crippen LogP contribution in [0, 0.1) is 0 Å². The van der Waals surface area contributed by atoms with E-state index in [0.29, 0.717) is 13.2 Å². The van der Waals surface area contributed by atoms with E-state index < -0.39 is 0 Å². The van der Waals surface area contributed by atoms with Crippen molar-refractivity contribution >= 4 is 12.1 Å². The van der Waals surface area contributed by atoms with Crippen LogP contribution in [0.2, 0.25) is 0 Å². The van der Waals surface area contributed by atoms with E-state index in [1.807, 2.05) is 30.7 Å². The summed E-state index contributed by atoms with van der Waals surface area (Å²) in [5.74, 6) is 0.734. The number of carbonyl (C=O) groups excluding carboxylic acids is 1. The number of para-hydroxylation sites is 2. The minimum atomic E-state index is -0.0173. The molecule has 85 valence electrons. The van der Waals surface area contributed by atoms with Gasteiger partial charge in [-0.1, -0.05) is 12.1 Å². The molecule has 1 atom stereocenters. The first-order valence-electron chi connectivity index (χ1n) is 5.25. The average Bonchev–Trinajstić information content (AvgIpc) is 2.35. The lowest BCUT2D eigenvalue weighted by atomic mass is 10.1. The smallest absolute Gasteiger partial charge is 0.317 e. The fraction of sp³-hybridized carbons (Fsp3) is 0.417. The lowest BCUT2D eigenvalue weighted by Crippen LogP contribution is -2.39. The van der Waals surface area contributed by atoms with Crippen LogP contribution in [0.4, 0.5) is 5.69 Å². The van der Waals surface area contributed by atoms with Gasteiger partial charge in [0.25, 0.3) is 0 Å². The Hall–Kier alpha value is -1.55. The lowest BCUT2D eigenvalue weighted by molar-refractivity contribution is 0.125. The first-order chi connectivity index (χ1) is 7.85. The fourth-order valence-corrected chi connectivity index (χ4v) is 1.78. The Bertz CT molecular complexity index is 367. The Balaban J connectivity index is 2.15. The minimum absolute atomic E-state index is 0.0173. The molecular formula is C12H14NO3. The molecule has 1 aliphatic heterocycles. The first kappa shape index (κ1) is 11.0. The number of amides is 1. The molecule has 0 fully saturated rings. The van der Waals surface area contributed by atoms with Crippen LogP contribution < -0.4 is 9.64 Å². The van der Waals surface area contributed by atoms with Gasteiger partial charge in [0.1, 0.15) is 11.9 Å². The minimum Gasteiger partial charge on any atom is -0.486 e. The van der Waals surface area contributed by atoms with Crippen LogP contribution in [-0.2, 0) is 9.53 Å². The van der Waals surface area contributed by atoms with E-state index in [9.17, 15) is 4.79 Å². The molecule has 0 bridgehead atoms. The van der Waals surface area contributed by atoms with Gasteiger partial charge in [-0.3, -0.25) is 9.69 Å². The maximum atomic E-state index is 10.9. The monoisotopic (exact) mass is 220 g/mol. The molecule has 1 heterocycles. The quantitative estimate of drug-likeness (QED) is 0.769. The molecule has 1 radical (unpaired) electrons. The zero-order valence-electron chi connectivity index (χ0n) is 9.18. The van der Waals surface area contributed by atoms with Gasteiger partial charge < -0.3 is 9.47 Å². The second-order valence-corrected chi connectivity index (χ2v) is 3.69. The van der Waals surface area contributed by atoms with E-state index in [-0.39, 0.29) is 6.10 Å². The molecule has 0 saturated carbocycles. The van der Waals surface area contributed by atoms with Crippen molar-refractivity contribution in [1.29, 1.82) is 0 Å². The number of hydrogen-bond acceptors (Lipinski definition) is 3. The maximum Gasteiger partial charge on any atom is 0.317 e. The van der Waals surface area contributed by atoms with Crippen molar-refractivity contribution in [3.05, 3.63) is 24.3 Å². The molecular weight excluding hydrogens is 206 g/mol. The summed E-state index contributed by atoms with van der Waals surface area (Å²) in [5, 5.41) is 0. The molecule has 0 saturated heterocycles. The summed E-state index contributed by atoms with van der Waals surface area (Å²) in [6.07, 6.45) is 2.68. The van der Waals surface area contributed by atoms with E-state index in [1.54, 1.807) is 12.0 Å². The zero-order valence-corrected chi connectivity index (χ0v) is 9.18. The lowest BCUT2D eigenvalue weighted by Gasteiger charge is -2.31. The van der Waals surface area contributed by atoms with Crippen molar-refractivity contribution in [2.45, 2.75) is 12.5 Å². The normalized spacial score (nSPS) is 18.8. The van der Waals surface area contributed by atoms with E-state index in [0.717, 1.165) is 17.9 Å². The van der Waals surface area contributed by atoms with Gasteiger partial charge in [-0.25, -0.2) is 0 Å². The summed E-state index contributed by atoms with van der Waals surface area (Å²) < 4.78 is 10.8. The number of hydrogen-bond donors (Lipinski definition) is 0. The Morgan fingerprint density at radius 2 is 2.38 bits per heavy atom. The van der Waals surface area contributed by atoms with Gasteiger partial charge in [0, 0.05) is 20.1 Å². The molecule has 2 rings (SSSR count). The van der Waals surface area contributed by atoms with Gasteiger partial charge in [-0.2, -0.15) is 0 Å². The van der Waals surface area contributed by atoms with E-state index in [4.69, 9.17) is 9.47 Å². The largest absolute Gasteiger partial charge is 0.486 e. The molecule has 0 spiro atoms. The Morgan fingerprint density at radius 1 is 1.56 bits per heavy atom. The van der Waals surface area contributed by atoms with E-state index in [2.05, 4.69) is 0 Å². The molecule has 0 aromatic heterocycles. The molecule has 1 amide bonds. The highest BCUT2D eigenvalue weighted by atomic mass is 16.5. The summed E-state index contributed by atoms with van der Waals surface area (Å²) in [6, 6.07) is 7.48. The van der Waals surface area contributed by atoms with Crippen LogP contribution >= 0.6 is 0 Å². The molecule has 4 heteroatoms. The number of rotatable bonds is 4. The van der Waals surface area contributed by atoms with Crippen LogP contribution in [0.5, 0.6) is 5.75 Å². The van der Waals surface area contributed by atoms with Gasteiger partial charge in [0.2, 0.25) is 0 Å². The van der Waals surface area contributed by atoms with Crippen molar-refractivity contribution in [3.8, 4) is 5.75 Å². The van der Waals surface area contributed by atoms with Gasteiger partial charge >= 0.3 is 6.41 Å². The summed E-state index contributed by atoms with van der Waals surface area (Å²) in [6.45, 7) is 1.16. The molecule has 1 aliphatic rings. The van der Waals surface area contributed by atoms with Gasteiger partial charge in [-0.05, 0) is 12.1 Å². The highest BCUT2D eigenvalue weighted by Crippen LogP contribution is 2.32. The highest BCUT2D eigenvalue weighted by Gasteiger charge is 2.25. The second kappa shape index (κ2) is 4.99. The molecule has 1 aromatic carbocycles. The van der Waals surface area contributed by atoms with Crippen LogP contribution in [0.1, 0.15) is 6.42 Å². The van der Waals surface area contributed by atoms with E-state index in [1.165, 1.54) is 0 Å². The summed E-state index contributed by atoms with van der Waals surface area (Å²) in [7, 11) is 1.65. The number of nitrogens with zero attached hydrogens (tertiary/aromatic N) is 1. The van der Waals surface area contributed by atoms with E-state index >= 15 is 0 Å². The average molecular weight is 220 g/mol. The summed E-state index contributed by atoms with van der Waals surface area (Å²) in [4.78, 5) is 12.4. The van der Waals surface area contributed by atoms with Crippen molar-refractivity contribution in [3.63, 3.8) is 0 Å². The third-order valence-electron chi connectivity index (χ3n) is 2.59. The van der Waals surface area contributed by atoms with Gasteiger partial charge in [0.05, 0.1) is 12.2 Å². The van der Waals surface area contributed by atoms with Crippen LogP contribution in [-0.4, -0.2) is 32.8 Å². The van der Waals surface area contributed by atoms with Gasteiger partial charge in [-0.15, -0.1) is 0 Å². The standard InChI is InChI=1S/C12H14NO3/c1-15-7-6-10-8-13(9-14)11-4-2-3-5-12(11)16-10/h2-5,10H,6-8H2,1H3/t10-/m0/s1. The third kappa shape index (κ3) is 2.17. The van der Waals surface area contributed by atoms with Crippen molar-refractivity contribution in [2.24, 2.45) is 0 Å². The molecule has 0 aliphatic carbocycles. The Morgan fingerprint density at radius 3 is 3.12 bits per heavy atom. The zero-order chi connectivity index (χ0) is 11.4. The first-order valence-corrected chi connectivity index (χ1v) is 5.25. The van der Waals surface area contributed by atoms with Crippen molar-refractivity contribution < 1.29 is 14.3 Å². The van der Waals surface area contributed by atoms with Crippen molar-refractivity contribution in [1.82, 2.24) is 0 Å². The Kier molecular flexibility index (Phi) is 3.41. The SMILES string of the molecule is COCC[C@H]1CN([C]=O)c2ccccc2O1. The molecule has 4 nitrogen and oxygen atoms in total. The molecule has 0 unspecified atom stereocenters. The number of methoxy groups -OCH3 is 1. The molecule has 16 heavy (non-hydrogen) atoms. The van der Waals surface area contributed by atoms with Gasteiger partial charge in [0.15, 0.2) is 0 Å². The highest BCUT2D eigenvalue weighted by molar-refractivity contribution is 5.80. The number of ether oxygens (including phenoxy) is 2. The second-order valence-electron chi connectivity index (χ2n) is 3.69. The number of anilines is 1. The van der Waals surface area contributed by atoms with Crippen molar-refractivity contribution in [2.75, 3.05) is 25.2 Å². The maximum absolute atomic E-state index is 10.9. The molecule has 0 N–H and O–H groups in total. The summed E-state index contributed by atoms with van der Waals surface area (Å²) in [5.41, 5.74) is 0.783. The third-order valence-corrected chi connectivity index (χ3v) is 2.59. The number of fused-ring (bicyclic) bond motifs is 1. The Labute approximate surface area is 94.8 Å². The summed E-state index contributed by atoms with van der Waals surface area (Å²) >= 11 is 0. The van der Waals surface area contributed by atoms with Crippen LogP contribution in [0.25, 0.3) is 0 Å². The van der Waals surface area contributed by atoms with Crippen LogP contribution in [0.3, 0.4) is 0 Å². The van der Waals surface area contributed by atoms with Crippen LogP contribution in [0.15, 0.2) is 24.3 Å². The predicted octanol–water partition coefficient (Wildman–Crippen LogP) is 1.36. The number of benzene rings is 1. The molecule has 1 aromatic rings.